The van der Waals surface area contributed by atoms with Crippen LogP contribution < -0.4 is 10.3 Å². The van der Waals surface area contributed by atoms with E-state index in [1.807, 2.05) is 54.6 Å². The molecule has 2 aromatic carbocycles. The zero-order valence-electron chi connectivity index (χ0n) is 16.6. The third kappa shape index (κ3) is 5.23. The second-order valence-corrected chi connectivity index (χ2v) is 6.67. The summed E-state index contributed by atoms with van der Waals surface area (Å²) in [5, 5.41) is 0. The molecule has 0 unspecified atom stereocenters. The molecule has 148 valence electrons. The molecule has 0 N–H and O–H groups in total. The minimum atomic E-state index is -0.253. The van der Waals surface area contributed by atoms with Crippen LogP contribution in [-0.2, 0) is 11.2 Å². The molecule has 0 bridgehead atoms. The zero-order chi connectivity index (χ0) is 20.6. The number of pyridine rings is 1. The Morgan fingerprint density at radius 1 is 1.00 bits per heavy atom. The van der Waals surface area contributed by atoms with Crippen LogP contribution in [0.5, 0.6) is 5.75 Å². The Kier molecular flexibility index (Phi) is 6.63. The van der Waals surface area contributed by atoms with E-state index in [4.69, 9.17) is 4.74 Å². The third-order valence-electron chi connectivity index (χ3n) is 4.65. The van der Waals surface area contributed by atoms with Gasteiger partial charge in [0.15, 0.2) is 0 Å². The van der Waals surface area contributed by atoms with E-state index < -0.39 is 0 Å². The molecule has 0 aliphatic heterocycles. The maximum Gasteiger partial charge on any atom is 0.270 e. The fourth-order valence-corrected chi connectivity index (χ4v) is 2.96. The molecule has 0 spiro atoms. The van der Waals surface area contributed by atoms with Crippen LogP contribution in [0.25, 0.3) is 11.8 Å². The van der Waals surface area contributed by atoms with Gasteiger partial charge in [-0.05, 0) is 41.8 Å². The Bertz CT molecular complexity index is 1040. The largest absolute Gasteiger partial charge is 0.497 e. The van der Waals surface area contributed by atoms with Gasteiger partial charge in [-0.25, -0.2) is 0 Å². The van der Waals surface area contributed by atoms with Gasteiger partial charge in [-0.3, -0.25) is 14.2 Å². The Morgan fingerprint density at radius 3 is 2.34 bits per heavy atom. The Labute approximate surface area is 170 Å². The Morgan fingerprint density at radius 2 is 1.69 bits per heavy atom. The smallest absolute Gasteiger partial charge is 0.270 e. The quantitative estimate of drug-likeness (QED) is 0.582. The number of methoxy groups -OCH3 is 1. The van der Waals surface area contributed by atoms with Crippen molar-refractivity contribution in [2.75, 3.05) is 20.7 Å². The van der Waals surface area contributed by atoms with Crippen LogP contribution in [0.3, 0.4) is 0 Å². The van der Waals surface area contributed by atoms with Gasteiger partial charge in [0.2, 0.25) is 0 Å². The number of carbonyl (C=O) groups is 1. The van der Waals surface area contributed by atoms with Gasteiger partial charge in [0.25, 0.3) is 11.5 Å². The molecule has 0 saturated heterocycles. The van der Waals surface area contributed by atoms with Crippen LogP contribution >= 0.6 is 0 Å². The number of aromatic nitrogens is 1. The first-order chi connectivity index (χ1) is 14.1. The highest BCUT2D eigenvalue weighted by Gasteiger charge is 2.17. The van der Waals surface area contributed by atoms with Crippen LogP contribution in [0.2, 0.25) is 0 Å². The highest BCUT2D eigenvalue weighted by molar-refractivity contribution is 6.18. The van der Waals surface area contributed by atoms with Crippen molar-refractivity contribution in [2.45, 2.75) is 6.42 Å². The summed E-state index contributed by atoms with van der Waals surface area (Å²) in [5.74, 6) is 0.511. The summed E-state index contributed by atoms with van der Waals surface area (Å²) in [7, 11) is 3.35. The van der Waals surface area contributed by atoms with Gasteiger partial charge >= 0.3 is 0 Å². The van der Waals surface area contributed by atoms with Crippen LogP contribution in [0.4, 0.5) is 0 Å². The molecule has 1 amide bonds. The van der Waals surface area contributed by atoms with Crippen molar-refractivity contribution < 1.29 is 9.53 Å². The first-order valence-electron chi connectivity index (χ1n) is 9.41. The van der Waals surface area contributed by atoms with Crippen LogP contribution in [0.15, 0.2) is 83.8 Å². The number of carbonyl (C=O) groups excluding carboxylic acids is 1. The van der Waals surface area contributed by atoms with E-state index in [0.717, 1.165) is 23.3 Å². The highest BCUT2D eigenvalue weighted by atomic mass is 16.5. The maximum absolute atomic E-state index is 13.2. The lowest BCUT2D eigenvalue weighted by molar-refractivity contribution is -0.124. The van der Waals surface area contributed by atoms with Crippen molar-refractivity contribution in [3.8, 4) is 5.75 Å². The van der Waals surface area contributed by atoms with E-state index in [2.05, 4.69) is 0 Å². The molecule has 3 rings (SSSR count). The SMILES string of the molecule is COc1ccc(/C=C(\C(=O)N(C)CCc2ccccc2)n2ccccc2=O)cc1. The average Bonchev–Trinajstić information content (AvgIpc) is 2.77. The molecule has 0 saturated carbocycles. The Hall–Kier alpha value is -3.60. The van der Waals surface area contributed by atoms with Gasteiger partial charge in [0.1, 0.15) is 11.4 Å². The number of rotatable bonds is 7. The van der Waals surface area contributed by atoms with Crippen molar-refractivity contribution in [2.24, 2.45) is 0 Å². The minimum Gasteiger partial charge on any atom is -0.497 e. The fourth-order valence-electron chi connectivity index (χ4n) is 2.96. The van der Waals surface area contributed by atoms with E-state index in [1.54, 1.807) is 43.5 Å². The number of benzene rings is 2. The van der Waals surface area contributed by atoms with Gasteiger partial charge in [0.05, 0.1) is 7.11 Å². The summed E-state index contributed by atoms with van der Waals surface area (Å²) in [6.07, 6.45) is 4.07. The summed E-state index contributed by atoms with van der Waals surface area (Å²) in [4.78, 5) is 27.2. The third-order valence-corrected chi connectivity index (χ3v) is 4.65. The van der Waals surface area contributed by atoms with Gasteiger partial charge < -0.3 is 9.64 Å². The molecular formula is C24H24N2O3. The van der Waals surface area contributed by atoms with E-state index in [-0.39, 0.29) is 11.5 Å². The number of hydrogen-bond donors (Lipinski definition) is 0. The monoisotopic (exact) mass is 388 g/mol. The summed E-state index contributed by atoms with van der Waals surface area (Å²) < 4.78 is 6.57. The molecule has 0 fully saturated rings. The van der Waals surface area contributed by atoms with Gasteiger partial charge in [-0.2, -0.15) is 0 Å². The number of nitrogens with zero attached hydrogens (tertiary/aromatic N) is 2. The summed E-state index contributed by atoms with van der Waals surface area (Å²) >= 11 is 0. The van der Waals surface area contributed by atoms with Gasteiger partial charge in [0, 0.05) is 25.9 Å². The predicted octanol–water partition coefficient (Wildman–Crippen LogP) is 3.56. The molecular weight excluding hydrogens is 364 g/mol. The normalized spacial score (nSPS) is 11.2. The van der Waals surface area contributed by atoms with Gasteiger partial charge in [-0.1, -0.05) is 48.5 Å². The van der Waals surface area contributed by atoms with Crippen molar-refractivity contribution in [3.63, 3.8) is 0 Å². The van der Waals surface area contributed by atoms with Crippen LogP contribution in [-0.4, -0.2) is 36.1 Å². The maximum atomic E-state index is 13.2. The lowest BCUT2D eigenvalue weighted by atomic mass is 10.1. The summed E-state index contributed by atoms with van der Waals surface area (Å²) in [6, 6.07) is 22.2. The molecule has 0 aliphatic carbocycles. The van der Waals surface area contributed by atoms with E-state index in [1.165, 1.54) is 10.6 Å². The molecule has 29 heavy (non-hydrogen) atoms. The number of hydrogen-bond acceptors (Lipinski definition) is 3. The highest BCUT2D eigenvalue weighted by Crippen LogP contribution is 2.17. The average molecular weight is 388 g/mol. The van der Waals surface area contributed by atoms with E-state index >= 15 is 0 Å². The van der Waals surface area contributed by atoms with E-state index in [0.29, 0.717) is 12.2 Å². The van der Waals surface area contributed by atoms with Gasteiger partial charge in [-0.15, -0.1) is 0 Å². The number of likely N-dealkylation sites (N-methyl/N-ethyl adjacent to an activating group) is 1. The molecule has 3 aromatic rings. The standard InChI is InChI=1S/C24H24N2O3/c1-25(17-15-19-8-4-3-5-9-19)24(28)22(26-16-7-6-10-23(26)27)18-20-11-13-21(29-2)14-12-20/h3-14,16,18H,15,17H2,1-2H3/b22-18+. The van der Waals surface area contributed by atoms with Crippen LogP contribution in [0.1, 0.15) is 11.1 Å². The lowest BCUT2D eigenvalue weighted by Crippen LogP contribution is -2.33. The Balaban J connectivity index is 1.89. The molecule has 1 aromatic heterocycles. The van der Waals surface area contributed by atoms with Crippen molar-refractivity contribution in [1.29, 1.82) is 0 Å². The molecule has 5 heteroatoms. The van der Waals surface area contributed by atoms with Crippen LogP contribution in [0, 0.1) is 0 Å². The molecule has 0 aliphatic rings. The lowest BCUT2D eigenvalue weighted by Gasteiger charge is -2.20. The molecule has 5 nitrogen and oxygen atoms in total. The second kappa shape index (κ2) is 9.55. The predicted molar refractivity (Wildman–Crippen MR) is 116 cm³/mol. The number of amides is 1. The molecule has 0 atom stereocenters. The van der Waals surface area contributed by atoms with Crippen molar-refractivity contribution >= 4 is 17.7 Å². The van der Waals surface area contributed by atoms with Crippen molar-refractivity contribution in [1.82, 2.24) is 9.47 Å². The molecule has 0 radical (unpaired) electrons. The summed E-state index contributed by atoms with van der Waals surface area (Å²) in [5.41, 5.74) is 2.01. The topological polar surface area (TPSA) is 51.5 Å². The minimum absolute atomic E-state index is 0.218. The zero-order valence-corrected chi connectivity index (χ0v) is 16.6. The first kappa shape index (κ1) is 20.1. The summed E-state index contributed by atoms with van der Waals surface area (Å²) in [6.45, 7) is 0.546. The fraction of sp³-hybridized carbons (Fsp3) is 0.167. The first-order valence-corrected chi connectivity index (χ1v) is 9.41. The van der Waals surface area contributed by atoms with Crippen molar-refractivity contribution in [3.05, 3.63) is 100 Å². The number of ether oxygens (including phenoxy) is 1. The van der Waals surface area contributed by atoms with E-state index in [9.17, 15) is 9.59 Å². The molecule has 1 heterocycles. The second-order valence-electron chi connectivity index (χ2n) is 6.67.